The van der Waals surface area contributed by atoms with Gasteiger partial charge >= 0.3 is 0 Å². The van der Waals surface area contributed by atoms with Crippen molar-refractivity contribution in [3.8, 4) is 0 Å². The summed E-state index contributed by atoms with van der Waals surface area (Å²) in [5, 5.41) is -0.825. The normalized spacial score (nSPS) is 10.9. The van der Waals surface area contributed by atoms with Crippen LogP contribution in [-0.2, 0) is 4.79 Å². The molecule has 0 saturated carbocycles. The number of hydrogen-bond acceptors (Lipinski definition) is 1. The summed E-state index contributed by atoms with van der Waals surface area (Å²) in [6.45, 7) is 0. The lowest BCUT2D eigenvalue weighted by Gasteiger charge is -1.97. The Morgan fingerprint density at radius 3 is 2.29 bits per heavy atom. The molecule has 0 radical (unpaired) electrons. The van der Waals surface area contributed by atoms with Gasteiger partial charge in [-0.25, -0.2) is 13.2 Å². The molecule has 1 nitrogen and oxygen atoms in total. The number of hydrogen-bond donors (Lipinski definition) is 0. The van der Waals surface area contributed by atoms with Gasteiger partial charge in [0.25, 0.3) is 0 Å². The van der Waals surface area contributed by atoms with Crippen LogP contribution in [0.5, 0.6) is 0 Å². The molecule has 0 spiro atoms. The molecule has 0 unspecified atom stereocenters. The fraction of sp³-hybridized carbons (Fsp3) is 0. The van der Waals surface area contributed by atoms with E-state index < -0.39 is 22.7 Å². The largest absolute Gasteiger partial charge is 0.276 e. The van der Waals surface area contributed by atoms with Gasteiger partial charge in [0, 0.05) is 11.6 Å². The Morgan fingerprint density at radius 1 is 1.14 bits per heavy atom. The third-order valence-corrected chi connectivity index (χ3v) is 1.56. The maximum Gasteiger partial charge on any atom is 0.245 e. The third-order valence-electron chi connectivity index (χ3n) is 1.43. The van der Waals surface area contributed by atoms with Crippen LogP contribution in [0.3, 0.4) is 0 Å². The van der Waals surface area contributed by atoms with Gasteiger partial charge < -0.3 is 0 Å². The SMILES string of the molecule is O=C(Cl)/C=C/c1cc(F)c(F)cc1F. The van der Waals surface area contributed by atoms with Crippen molar-refractivity contribution in [1.29, 1.82) is 0 Å². The van der Waals surface area contributed by atoms with Crippen LogP contribution in [-0.4, -0.2) is 5.24 Å². The van der Waals surface area contributed by atoms with Crippen molar-refractivity contribution in [1.82, 2.24) is 0 Å². The number of benzene rings is 1. The van der Waals surface area contributed by atoms with Gasteiger partial charge in [-0.2, -0.15) is 0 Å². The highest BCUT2D eigenvalue weighted by Crippen LogP contribution is 2.15. The molecule has 14 heavy (non-hydrogen) atoms. The van der Waals surface area contributed by atoms with Gasteiger partial charge in [0.15, 0.2) is 11.6 Å². The summed E-state index contributed by atoms with van der Waals surface area (Å²) in [7, 11) is 0. The molecule has 0 atom stereocenters. The van der Waals surface area contributed by atoms with Crippen LogP contribution < -0.4 is 0 Å². The van der Waals surface area contributed by atoms with Crippen molar-refractivity contribution in [3.63, 3.8) is 0 Å². The second kappa shape index (κ2) is 4.28. The Kier molecular flexibility index (Phi) is 3.30. The molecule has 0 saturated heterocycles. The van der Waals surface area contributed by atoms with E-state index in [9.17, 15) is 18.0 Å². The number of carbonyl (C=O) groups is 1. The number of carbonyl (C=O) groups excluding carboxylic acids is 1. The van der Waals surface area contributed by atoms with Crippen LogP contribution in [0.15, 0.2) is 18.2 Å². The summed E-state index contributed by atoms with van der Waals surface area (Å²) in [6.07, 6.45) is 1.81. The molecular weight excluding hydrogens is 217 g/mol. The predicted octanol–water partition coefficient (Wildman–Crippen LogP) is 2.88. The topological polar surface area (TPSA) is 17.1 Å². The molecule has 74 valence electrons. The number of halogens is 4. The van der Waals surface area contributed by atoms with Crippen LogP contribution in [0.25, 0.3) is 6.08 Å². The zero-order chi connectivity index (χ0) is 10.7. The van der Waals surface area contributed by atoms with E-state index in [0.29, 0.717) is 12.1 Å². The van der Waals surface area contributed by atoms with E-state index in [2.05, 4.69) is 0 Å². The first kappa shape index (κ1) is 10.8. The molecule has 0 heterocycles. The molecule has 1 rings (SSSR count). The Hall–Kier alpha value is -1.29. The highest BCUT2D eigenvalue weighted by molar-refractivity contribution is 6.66. The van der Waals surface area contributed by atoms with Crippen molar-refractivity contribution < 1.29 is 18.0 Å². The molecular formula is C9H4ClF3O. The minimum absolute atomic E-state index is 0.238. The summed E-state index contributed by atoms with van der Waals surface area (Å²) < 4.78 is 37.9. The Balaban J connectivity index is 3.10. The van der Waals surface area contributed by atoms with Gasteiger partial charge in [0.05, 0.1) is 0 Å². The summed E-state index contributed by atoms with van der Waals surface area (Å²) in [5.74, 6) is -3.43. The van der Waals surface area contributed by atoms with E-state index in [4.69, 9.17) is 11.6 Å². The summed E-state index contributed by atoms with van der Waals surface area (Å²) in [5.41, 5.74) is -0.238. The molecule has 0 aliphatic carbocycles. The molecule has 0 aliphatic rings. The highest BCUT2D eigenvalue weighted by Gasteiger charge is 2.07. The lowest BCUT2D eigenvalue weighted by atomic mass is 10.2. The van der Waals surface area contributed by atoms with E-state index >= 15 is 0 Å². The van der Waals surface area contributed by atoms with Gasteiger partial charge in [-0.1, -0.05) is 0 Å². The molecule has 1 aromatic rings. The molecule has 0 aliphatic heterocycles. The minimum Gasteiger partial charge on any atom is -0.276 e. The van der Waals surface area contributed by atoms with E-state index in [-0.39, 0.29) is 5.56 Å². The number of allylic oxidation sites excluding steroid dienone is 1. The molecule has 1 aromatic carbocycles. The standard InChI is InChI=1S/C9H4ClF3O/c10-9(14)2-1-5-3-7(12)8(13)4-6(5)11/h1-4H/b2-1+. The van der Waals surface area contributed by atoms with Crippen molar-refractivity contribution in [2.24, 2.45) is 0 Å². The van der Waals surface area contributed by atoms with Gasteiger partial charge in [0.1, 0.15) is 5.82 Å². The Bertz CT molecular complexity index is 401. The van der Waals surface area contributed by atoms with Gasteiger partial charge in [-0.3, -0.25) is 4.79 Å². The maximum atomic E-state index is 12.9. The lowest BCUT2D eigenvalue weighted by molar-refractivity contribution is -0.107. The number of rotatable bonds is 2. The van der Waals surface area contributed by atoms with Gasteiger partial charge in [-0.05, 0) is 29.8 Å². The Labute approximate surface area is 82.8 Å². The van der Waals surface area contributed by atoms with Crippen molar-refractivity contribution in [2.75, 3.05) is 0 Å². The summed E-state index contributed by atoms with van der Waals surface area (Å²) in [6, 6.07) is 1.04. The monoisotopic (exact) mass is 220 g/mol. The zero-order valence-electron chi connectivity index (χ0n) is 6.73. The average Bonchev–Trinajstić information content (AvgIpc) is 2.09. The van der Waals surface area contributed by atoms with E-state index in [0.717, 1.165) is 12.2 Å². The highest BCUT2D eigenvalue weighted by atomic mass is 35.5. The molecule has 0 aromatic heterocycles. The van der Waals surface area contributed by atoms with Crippen molar-refractivity contribution >= 4 is 22.9 Å². The van der Waals surface area contributed by atoms with Gasteiger partial charge in [-0.15, -0.1) is 0 Å². The van der Waals surface area contributed by atoms with Crippen molar-refractivity contribution in [3.05, 3.63) is 41.2 Å². The first-order valence-corrected chi connectivity index (χ1v) is 3.90. The lowest BCUT2D eigenvalue weighted by Crippen LogP contribution is -1.90. The smallest absolute Gasteiger partial charge is 0.245 e. The maximum absolute atomic E-state index is 12.9. The quantitative estimate of drug-likeness (QED) is 0.426. The van der Waals surface area contributed by atoms with E-state index in [1.54, 1.807) is 0 Å². The molecule has 0 amide bonds. The third kappa shape index (κ3) is 2.60. The first-order chi connectivity index (χ1) is 6.50. The first-order valence-electron chi connectivity index (χ1n) is 3.53. The van der Waals surface area contributed by atoms with Crippen LogP contribution in [0.2, 0.25) is 0 Å². The second-order valence-corrected chi connectivity index (χ2v) is 2.80. The zero-order valence-corrected chi connectivity index (χ0v) is 7.49. The van der Waals surface area contributed by atoms with E-state index in [1.807, 2.05) is 0 Å². The molecule has 0 fully saturated rings. The van der Waals surface area contributed by atoms with Crippen molar-refractivity contribution in [2.45, 2.75) is 0 Å². The summed E-state index contributed by atoms with van der Waals surface area (Å²) >= 11 is 4.94. The van der Waals surface area contributed by atoms with E-state index in [1.165, 1.54) is 0 Å². The average molecular weight is 221 g/mol. The predicted molar refractivity (Wildman–Crippen MR) is 46.2 cm³/mol. The summed E-state index contributed by atoms with van der Waals surface area (Å²) in [4.78, 5) is 10.3. The van der Waals surface area contributed by atoms with Gasteiger partial charge in [0.2, 0.25) is 5.24 Å². The second-order valence-electron chi connectivity index (χ2n) is 2.43. The Morgan fingerprint density at radius 2 is 1.71 bits per heavy atom. The van der Waals surface area contributed by atoms with Crippen LogP contribution >= 0.6 is 11.6 Å². The van der Waals surface area contributed by atoms with Crippen LogP contribution in [0.1, 0.15) is 5.56 Å². The molecule has 5 heteroatoms. The molecule has 0 bridgehead atoms. The van der Waals surface area contributed by atoms with Crippen LogP contribution in [0, 0.1) is 17.5 Å². The minimum atomic E-state index is -1.28. The molecule has 0 N–H and O–H groups in total. The van der Waals surface area contributed by atoms with Crippen LogP contribution in [0.4, 0.5) is 13.2 Å². The fourth-order valence-corrected chi connectivity index (χ4v) is 0.884. The fourth-order valence-electron chi connectivity index (χ4n) is 0.821.